The summed E-state index contributed by atoms with van der Waals surface area (Å²) in [6, 6.07) is 7.09. The molecular formula is C18H21N3O4. The molecule has 3 amide bonds. The molecule has 0 saturated carbocycles. The van der Waals surface area contributed by atoms with Crippen LogP contribution in [0.4, 0.5) is 5.69 Å². The van der Waals surface area contributed by atoms with Crippen LogP contribution in [0.3, 0.4) is 0 Å². The lowest BCUT2D eigenvalue weighted by atomic mass is 9.76. The maximum absolute atomic E-state index is 13.1. The molecule has 2 N–H and O–H groups in total. The van der Waals surface area contributed by atoms with E-state index in [1.54, 1.807) is 7.11 Å². The summed E-state index contributed by atoms with van der Waals surface area (Å²) >= 11 is 0. The molecule has 1 aromatic carbocycles. The zero-order valence-electron chi connectivity index (χ0n) is 14.2. The number of methoxy groups -OCH3 is 1. The number of fused-ring (bicyclic) bond motifs is 4. The molecule has 0 radical (unpaired) electrons. The highest BCUT2D eigenvalue weighted by molar-refractivity contribution is 6.15. The topological polar surface area (TPSA) is 87.7 Å². The lowest BCUT2D eigenvalue weighted by Crippen LogP contribution is -2.53. The smallest absolute Gasteiger partial charge is 0.250 e. The van der Waals surface area contributed by atoms with E-state index < -0.39 is 17.4 Å². The zero-order chi connectivity index (χ0) is 17.8. The molecule has 4 unspecified atom stereocenters. The van der Waals surface area contributed by atoms with E-state index in [1.807, 2.05) is 31.2 Å². The molecule has 2 fully saturated rings. The maximum Gasteiger partial charge on any atom is 0.250 e. The number of nitrogens with zero attached hydrogens (tertiary/aromatic N) is 1. The van der Waals surface area contributed by atoms with Crippen molar-refractivity contribution >= 4 is 23.4 Å². The number of carbonyl (C=O) groups excluding carboxylic acids is 3. The molecule has 0 bridgehead atoms. The molecule has 132 valence electrons. The summed E-state index contributed by atoms with van der Waals surface area (Å²) < 4.78 is 5.02. The van der Waals surface area contributed by atoms with Crippen molar-refractivity contribution in [1.82, 2.24) is 10.2 Å². The molecular weight excluding hydrogens is 322 g/mol. The molecule has 2 saturated heterocycles. The molecule has 7 nitrogen and oxygen atoms in total. The number of hydrogen-bond acceptors (Lipinski definition) is 5. The van der Waals surface area contributed by atoms with Crippen LogP contribution in [0.2, 0.25) is 0 Å². The first-order chi connectivity index (χ1) is 12.0. The van der Waals surface area contributed by atoms with Gasteiger partial charge in [0, 0.05) is 37.6 Å². The standard InChI is InChI=1S/C18H21N3O4/c1-10-13-14(16(23)21(15(13)22)8-5-9-25-2)18(20-10)11-6-3-4-7-12(11)19-17(18)24/h3-4,6-7,10,13-14,20H,5,8-9H2,1-2H3,(H,19,24). The van der Waals surface area contributed by atoms with E-state index in [-0.39, 0.29) is 23.8 Å². The second kappa shape index (κ2) is 5.64. The Kier molecular flexibility index (Phi) is 3.66. The van der Waals surface area contributed by atoms with Crippen LogP contribution in [0.25, 0.3) is 0 Å². The highest BCUT2D eigenvalue weighted by Gasteiger charge is 2.69. The Labute approximate surface area is 145 Å². The van der Waals surface area contributed by atoms with Gasteiger partial charge in [0.1, 0.15) is 5.54 Å². The van der Waals surface area contributed by atoms with Gasteiger partial charge in [-0.2, -0.15) is 0 Å². The first-order valence-electron chi connectivity index (χ1n) is 8.55. The normalized spacial score (nSPS) is 33.1. The fourth-order valence-electron chi connectivity index (χ4n) is 4.57. The number of rotatable bonds is 4. The van der Waals surface area contributed by atoms with Crippen LogP contribution in [0.1, 0.15) is 18.9 Å². The van der Waals surface area contributed by atoms with Gasteiger partial charge in [-0.05, 0) is 19.4 Å². The van der Waals surface area contributed by atoms with E-state index in [1.165, 1.54) is 4.90 Å². The van der Waals surface area contributed by atoms with Gasteiger partial charge < -0.3 is 10.1 Å². The van der Waals surface area contributed by atoms with Crippen molar-refractivity contribution in [2.45, 2.75) is 24.9 Å². The first-order valence-corrected chi connectivity index (χ1v) is 8.55. The Morgan fingerprint density at radius 3 is 2.72 bits per heavy atom. The van der Waals surface area contributed by atoms with E-state index >= 15 is 0 Å². The number of nitrogens with one attached hydrogen (secondary N) is 2. The summed E-state index contributed by atoms with van der Waals surface area (Å²) in [5.41, 5.74) is 0.286. The maximum atomic E-state index is 13.1. The van der Waals surface area contributed by atoms with Gasteiger partial charge in [0.2, 0.25) is 17.7 Å². The second-order valence-corrected chi connectivity index (χ2v) is 6.92. The minimum atomic E-state index is -1.16. The molecule has 3 aliphatic rings. The van der Waals surface area contributed by atoms with Gasteiger partial charge in [0.15, 0.2) is 0 Å². The van der Waals surface area contributed by atoms with Gasteiger partial charge in [0.05, 0.1) is 11.8 Å². The van der Waals surface area contributed by atoms with E-state index in [9.17, 15) is 14.4 Å². The van der Waals surface area contributed by atoms with Crippen molar-refractivity contribution < 1.29 is 19.1 Å². The second-order valence-electron chi connectivity index (χ2n) is 6.92. The van der Waals surface area contributed by atoms with Crippen molar-refractivity contribution in [3.63, 3.8) is 0 Å². The Morgan fingerprint density at radius 2 is 1.96 bits per heavy atom. The fraction of sp³-hybridized carbons (Fsp3) is 0.500. The molecule has 1 aromatic rings. The van der Waals surface area contributed by atoms with Crippen LogP contribution in [0.5, 0.6) is 0 Å². The number of carbonyl (C=O) groups is 3. The molecule has 25 heavy (non-hydrogen) atoms. The van der Waals surface area contributed by atoms with Gasteiger partial charge in [-0.3, -0.25) is 24.6 Å². The summed E-state index contributed by atoms with van der Waals surface area (Å²) in [6.45, 7) is 2.67. The van der Waals surface area contributed by atoms with Gasteiger partial charge in [0.25, 0.3) is 0 Å². The largest absolute Gasteiger partial charge is 0.385 e. The quantitative estimate of drug-likeness (QED) is 0.613. The molecule has 4 atom stereocenters. The third kappa shape index (κ3) is 2.02. The van der Waals surface area contributed by atoms with E-state index in [0.717, 1.165) is 5.56 Å². The van der Waals surface area contributed by atoms with E-state index in [4.69, 9.17) is 4.74 Å². The summed E-state index contributed by atoms with van der Waals surface area (Å²) in [6.07, 6.45) is 0.588. The zero-order valence-corrected chi connectivity index (χ0v) is 14.2. The monoisotopic (exact) mass is 343 g/mol. The van der Waals surface area contributed by atoms with Crippen LogP contribution < -0.4 is 10.6 Å². The van der Waals surface area contributed by atoms with Crippen LogP contribution in [-0.2, 0) is 24.7 Å². The van der Waals surface area contributed by atoms with Crippen LogP contribution >= 0.6 is 0 Å². The Balaban J connectivity index is 1.75. The number of likely N-dealkylation sites (tertiary alicyclic amines) is 1. The predicted molar refractivity (Wildman–Crippen MR) is 89.5 cm³/mol. The summed E-state index contributed by atoms with van der Waals surface area (Å²) in [4.78, 5) is 40.1. The molecule has 7 heteroatoms. The Hall–Kier alpha value is -2.25. The minimum absolute atomic E-state index is 0.194. The van der Waals surface area contributed by atoms with E-state index in [2.05, 4.69) is 10.6 Å². The molecule has 0 aromatic heterocycles. The first kappa shape index (κ1) is 16.2. The number of para-hydroxylation sites is 1. The summed E-state index contributed by atoms with van der Waals surface area (Å²) in [5, 5.41) is 6.14. The molecule has 3 heterocycles. The Bertz CT molecular complexity index is 764. The van der Waals surface area contributed by atoms with Crippen molar-refractivity contribution in [3.05, 3.63) is 29.8 Å². The number of ether oxygens (including phenoxy) is 1. The lowest BCUT2D eigenvalue weighted by Gasteiger charge is -2.29. The van der Waals surface area contributed by atoms with Crippen molar-refractivity contribution in [1.29, 1.82) is 0 Å². The Morgan fingerprint density at radius 1 is 1.20 bits per heavy atom. The average molecular weight is 343 g/mol. The number of amides is 3. The van der Waals surface area contributed by atoms with Gasteiger partial charge in [-0.15, -0.1) is 0 Å². The van der Waals surface area contributed by atoms with Gasteiger partial charge in [-0.25, -0.2) is 0 Å². The summed E-state index contributed by atoms with van der Waals surface area (Å²) in [5.74, 6) is -1.95. The SMILES string of the molecule is COCCCN1C(=O)C2C(C)NC3(C(=O)Nc4ccccc43)C2C1=O. The molecule has 4 rings (SSSR count). The van der Waals surface area contributed by atoms with Gasteiger partial charge in [-0.1, -0.05) is 18.2 Å². The number of hydrogen-bond donors (Lipinski definition) is 2. The lowest BCUT2D eigenvalue weighted by molar-refractivity contribution is -0.143. The van der Waals surface area contributed by atoms with Crippen LogP contribution in [0.15, 0.2) is 24.3 Å². The third-order valence-electron chi connectivity index (χ3n) is 5.59. The van der Waals surface area contributed by atoms with Crippen molar-refractivity contribution in [2.24, 2.45) is 11.8 Å². The van der Waals surface area contributed by atoms with Crippen molar-refractivity contribution in [3.8, 4) is 0 Å². The summed E-state index contributed by atoms with van der Waals surface area (Å²) in [7, 11) is 1.59. The van der Waals surface area contributed by atoms with Crippen LogP contribution in [-0.4, -0.2) is 48.9 Å². The fourth-order valence-corrected chi connectivity index (χ4v) is 4.57. The van der Waals surface area contributed by atoms with Gasteiger partial charge >= 0.3 is 0 Å². The number of imide groups is 1. The van der Waals surface area contributed by atoms with Crippen molar-refractivity contribution in [2.75, 3.05) is 25.6 Å². The average Bonchev–Trinajstić information content (AvgIpc) is 3.15. The molecule has 1 spiro atoms. The third-order valence-corrected chi connectivity index (χ3v) is 5.59. The highest BCUT2D eigenvalue weighted by Crippen LogP contribution is 2.52. The predicted octanol–water partition coefficient (Wildman–Crippen LogP) is 0.463. The van der Waals surface area contributed by atoms with Crippen LogP contribution in [0, 0.1) is 11.8 Å². The minimum Gasteiger partial charge on any atom is -0.385 e. The number of anilines is 1. The molecule has 0 aliphatic carbocycles. The van der Waals surface area contributed by atoms with E-state index in [0.29, 0.717) is 25.3 Å². The number of benzene rings is 1. The molecule has 3 aliphatic heterocycles. The highest BCUT2D eigenvalue weighted by atomic mass is 16.5.